The zero-order chi connectivity index (χ0) is 28.3. The number of anilines is 2. The Bertz CT molecular complexity index is 1480. The lowest BCUT2D eigenvalue weighted by atomic mass is 9.87. The number of hydrogen-bond acceptors (Lipinski definition) is 7. The molecule has 0 saturated carbocycles. The van der Waals surface area contributed by atoms with Crippen LogP contribution in [0.25, 0.3) is 10.2 Å². The number of fused-ring (bicyclic) bond motifs is 4. The van der Waals surface area contributed by atoms with Crippen LogP contribution in [-0.2, 0) is 17.6 Å². The van der Waals surface area contributed by atoms with Crippen LogP contribution in [0, 0.1) is 12.7 Å². The number of ether oxygens (including phenoxy) is 1. The highest BCUT2D eigenvalue weighted by Gasteiger charge is 2.45. The van der Waals surface area contributed by atoms with E-state index in [9.17, 15) is 9.59 Å². The van der Waals surface area contributed by atoms with Crippen molar-refractivity contribution in [1.29, 1.82) is 0 Å². The van der Waals surface area contributed by atoms with Crippen molar-refractivity contribution in [2.24, 2.45) is 0 Å². The maximum atomic E-state index is 15.5. The molecule has 3 unspecified atom stereocenters. The van der Waals surface area contributed by atoms with Crippen LogP contribution in [0.1, 0.15) is 66.5 Å². The standard InChI is InChI=1S/C30H36FN5O3S/c1-16-5-10-22-25(32)26(40-28(22)33-16)27(37)34-19-7-6-17-13-24(23(31)12-18(17)11-19)35-14-20-8-9-21(15-35)36(20)29(38)39-30(2,3)4/h5,10,12-13,19-21H,6-9,11,14-15,32H2,1-4H3,(H,34,37). The highest BCUT2D eigenvalue weighted by Crippen LogP contribution is 2.37. The van der Waals surface area contributed by atoms with E-state index < -0.39 is 5.60 Å². The molecule has 10 heteroatoms. The summed E-state index contributed by atoms with van der Waals surface area (Å²) in [4.78, 5) is 35.6. The highest BCUT2D eigenvalue weighted by molar-refractivity contribution is 7.21. The molecule has 2 aliphatic heterocycles. The smallest absolute Gasteiger partial charge is 0.410 e. The number of nitrogens with zero attached hydrogens (tertiary/aromatic N) is 3. The summed E-state index contributed by atoms with van der Waals surface area (Å²) in [5.74, 6) is -0.465. The lowest BCUT2D eigenvalue weighted by Gasteiger charge is -2.42. The number of halogens is 1. The number of hydrogen-bond donors (Lipinski definition) is 2. The van der Waals surface area contributed by atoms with Gasteiger partial charge in [-0.3, -0.25) is 9.69 Å². The van der Waals surface area contributed by atoms with Gasteiger partial charge in [0.2, 0.25) is 0 Å². The molecule has 2 aromatic heterocycles. The predicted octanol–water partition coefficient (Wildman–Crippen LogP) is 5.20. The average Bonchev–Trinajstić information content (AvgIpc) is 3.34. The number of thiophene rings is 1. The number of nitrogens with one attached hydrogen (secondary N) is 1. The van der Waals surface area contributed by atoms with Gasteiger partial charge in [0, 0.05) is 30.2 Å². The van der Waals surface area contributed by atoms with Crippen molar-refractivity contribution in [3.05, 3.63) is 51.8 Å². The van der Waals surface area contributed by atoms with Crippen molar-refractivity contribution in [3.8, 4) is 0 Å². The van der Waals surface area contributed by atoms with Crippen LogP contribution >= 0.6 is 11.3 Å². The van der Waals surface area contributed by atoms with Crippen LogP contribution in [0.4, 0.5) is 20.6 Å². The van der Waals surface area contributed by atoms with Crippen LogP contribution in [0.2, 0.25) is 0 Å². The largest absolute Gasteiger partial charge is 0.444 e. The summed E-state index contributed by atoms with van der Waals surface area (Å²) in [7, 11) is 0. The molecule has 0 radical (unpaired) electrons. The first-order chi connectivity index (χ1) is 19.0. The lowest BCUT2D eigenvalue weighted by Crippen LogP contribution is -2.57. The summed E-state index contributed by atoms with van der Waals surface area (Å²) < 4.78 is 21.2. The molecule has 3 aliphatic rings. The molecule has 4 heterocycles. The molecule has 3 atom stereocenters. The number of carbonyl (C=O) groups is 2. The van der Waals surface area contributed by atoms with E-state index in [0.717, 1.165) is 52.7 Å². The van der Waals surface area contributed by atoms with Crippen molar-refractivity contribution in [3.63, 3.8) is 0 Å². The van der Waals surface area contributed by atoms with Crippen LogP contribution in [0.15, 0.2) is 24.3 Å². The second-order valence-corrected chi connectivity index (χ2v) is 13.3. The van der Waals surface area contributed by atoms with Crippen LogP contribution < -0.4 is 16.0 Å². The maximum absolute atomic E-state index is 15.5. The Morgan fingerprint density at radius 1 is 1.12 bits per heavy atom. The first kappa shape index (κ1) is 26.8. The molecule has 2 bridgehead atoms. The molecule has 6 rings (SSSR count). The summed E-state index contributed by atoms with van der Waals surface area (Å²) in [6.45, 7) is 8.72. The molecule has 40 heavy (non-hydrogen) atoms. The molecule has 1 aliphatic carbocycles. The molecule has 1 aromatic carbocycles. The van der Waals surface area contributed by atoms with Gasteiger partial charge in [0.15, 0.2) is 0 Å². The van der Waals surface area contributed by atoms with Gasteiger partial charge in [-0.25, -0.2) is 14.2 Å². The van der Waals surface area contributed by atoms with Crippen LogP contribution in [0.5, 0.6) is 0 Å². The third-order valence-corrected chi connectivity index (χ3v) is 9.31. The number of piperazine rings is 1. The number of amides is 2. The highest BCUT2D eigenvalue weighted by atomic mass is 32.1. The quantitative estimate of drug-likeness (QED) is 0.453. The minimum Gasteiger partial charge on any atom is -0.444 e. The monoisotopic (exact) mass is 565 g/mol. The van der Waals surface area contributed by atoms with Crippen LogP contribution in [0.3, 0.4) is 0 Å². The number of rotatable bonds is 3. The summed E-state index contributed by atoms with van der Waals surface area (Å²) >= 11 is 1.30. The van der Waals surface area contributed by atoms with Crippen molar-refractivity contribution in [2.75, 3.05) is 23.7 Å². The average molecular weight is 566 g/mol. The van der Waals surface area contributed by atoms with Gasteiger partial charge in [0.05, 0.1) is 23.5 Å². The fraction of sp³-hybridized carbons (Fsp3) is 0.500. The Hall–Kier alpha value is -3.40. The molecular weight excluding hydrogens is 529 g/mol. The molecular formula is C30H36FN5O3S. The molecule has 3 aromatic rings. The van der Waals surface area contributed by atoms with Gasteiger partial charge in [0.25, 0.3) is 5.91 Å². The van der Waals surface area contributed by atoms with Crippen molar-refractivity contribution in [1.82, 2.24) is 15.2 Å². The van der Waals surface area contributed by atoms with Gasteiger partial charge in [-0.15, -0.1) is 11.3 Å². The van der Waals surface area contributed by atoms with Crippen molar-refractivity contribution >= 4 is 44.9 Å². The summed E-state index contributed by atoms with van der Waals surface area (Å²) in [5.41, 5.74) is 9.71. The Morgan fingerprint density at radius 2 is 1.85 bits per heavy atom. The normalized spacial score (nSPS) is 22.4. The number of aromatic nitrogens is 1. The third-order valence-electron chi connectivity index (χ3n) is 8.20. The van der Waals surface area contributed by atoms with E-state index in [4.69, 9.17) is 10.5 Å². The fourth-order valence-corrected chi connectivity index (χ4v) is 7.40. The minimum atomic E-state index is -0.545. The first-order valence-corrected chi connectivity index (χ1v) is 14.8. The number of benzene rings is 1. The number of nitrogen functional groups attached to an aromatic ring is 1. The molecule has 2 fully saturated rings. The topological polar surface area (TPSA) is 101 Å². The zero-order valence-electron chi connectivity index (χ0n) is 23.4. The van der Waals surface area contributed by atoms with E-state index in [1.165, 1.54) is 11.3 Å². The van der Waals surface area contributed by atoms with Gasteiger partial charge in [-0.1, -0.05) is 0 Å². The first-order valence-electron chi connectivity index (χ1n) is 14.0. The summed E-state index contributed by atoms with van der Waals surface area (Å²) in [6, 6.07) is 7.33. The van der Waals surface area contributed by atoms with Gasteiger partial charge in [-0.05, 0) is 95.2 Å². The van der Waals surface area contributed by atoms with Gasteiger partial charge < -0.3 is 20.7 Å². The fourth-order valence-electron chi connectivity index (χ4n) is 6.35. The van der Waals surface area contributed by atoms with Crippen molar-refractivity contribution in [2.45, 2.75) is 83.5 Å². The van der Waals surface area contributed by atoms with E-state index >= 15 is 4.39 Å². The molecule has 0 spiro atoms. The Balaban J connectivity index is 1.14. The SMILES string of the molecule is Cc1ccc2c(N)c(C(=O)NC3CCc4cc(N5CC6CCC(C5)N6C(=O)OC(C)(C)C)c(F)cc4C3)sc2n1. The van der Waals surface area contributed by atoms with Crippen LogP contribution in [-0.4, -0.2) is 58.7 Å². The maximum Gasteiger partial charge on any atom is 0.410 e. The van der Waals surface area contributed by atoms with Gasteiger partial charge >= 0.3 is 6.09 Å². The van der Waals surface area contributed by atoms with E-state index in [-0.39, 0.29) is 35.9 Å². The summed E-state index contributed by atoms with van der Waals surface area (Å²) in [5, 5.41) is 3.92. The number of aryl methyl sites for hydroxylation is 2. The number of pyridine rings is 1. The van der Waals surface area contributed by atoms with E-state index in [2.05, 4.69) is 15.2 Å². The molecule has 212 valence electrons. The Morgan fingerprint density at radius 3 is 2.55 bits per heavy atom. The molecule has 2 amide bonds. The minimum absolute atomic E-state index is 0.0177. The second-order valence-electron chi connectivity index (χ2n) is 12.3. The molecule has 3 N–H and O–H groups in total. The Kier molecular flexibility index (Phi) is 6.64. The summed E-state index contributed by atoms with van der Waals surface area (Å²) in [6.07, 6.45) is 3.60. The van der Waals surface area contributed by atoms with E-state index in [1.807, 2.05) is 50.8 Å². The number of carbonyl (C=O) groups excluding carboxylic acids is 2. The van der Waals surface area contributed by atoms with Crippen molar-refractivity contribution < 1.29 is 18.7 Å². The lowest BCUT2D eigenvalue weighted by molar-refractivity contribution is 0.0123. The van der Waals surface area contributed by atoms with E-state index in [0.29, 0.717) is 35.8 Å². The number of nitrogens with two attached hydrogens (primary N) is 1. The third kappa shape index (κ3) is 4.98. The molecule has 8 nitrogen and oxygen atoms in total. The van der Waals surface area contributed by atoms with E-state index in [1.54, 1.807) is 6.07 Å². The van der Waals surface area contributed by atoms with Gasteiger partial charge in [-0.2, -0.15) is 0 Å². The zero-order valence-corrected chi connectivity index (χ0v) is 24.2. The van der Waals surface area contributed by atoms with Gasteiger partial charge in [0.1, 0.15) is 21.1 Å². The predicted molar refractivity (Wildman–Crippen MR) is 156 cm³/mol. The second kappa shape index (κ2) is 9.90. The Labute approximate surface area is 237 Å². The molecule has 2 saturated heterocycles.